The largest absolute Gasteiger partial charge is 0.311 e. The van der Waals surface area contributed by atoms with E-state index in [-0.39, 0.29) is 0 Å². The lowest BCUT2D eigenvalue weighted by atomic mass is 9.86. The molecule has 1 heterocycles. The van der Waals surface area contributed by atoms with Gasteiger partial charge < -0.3 is 5.32 Å². The van der Waals surface area contributed by atoms with E-state index in [9.17, 15) is 0 Å². The van der Waals surface area contributed by atoms with Crippen LogP contribution in [0.1, 0.15) is 32.1 Å². The van der Waals surface area contributed by atoms with Crippen LogP contribution in [0.25, 0.3) is 0 Å². The molecule has 1 saturated carbocycles. The maximum atomic E-state index is 3.84. The lowest BCUT2D eigenvalue weighted by molar-refractivity contribution is 0.325. The van der Waals surface area contributed by atoms with Gasteiger partial charge in [0.1, 0.15) is 0 Å². The molecule has 62 valence electrons. The van der Waals surface area contributed by atoms with E-state index in [1.807, 2.05) is 0 Å². The summed E-state index contributed by atoms with van der Waals surface area (Å²) in [7, 11) is 0. The highest BCUT2D eigenvalue weighted by molar-refractivity contribution is 5.06. The summed E-state index contributed by atoms with van der Waals surface area (Å²) in [5, 5.41) is 3.66. The summed E-state index contributed by atoms with van der Waals surface area (Å²) < 4.78 is 0. The molecule has 1 N–H and O–H groups in total. The molecule has 2 aliphatic rings. The SMILES string of the molecule is C=CC[C@@]12CCC[C@@H]1CCN2. The molecule has 0 radical (unpaired) electrons. The minimum absolute atomic E-state index is 0.488. The number of fused-ring (bicyclic) bond motifs is 1. The van der Waals surface area contributed by atoms with E-state index in [1.54, 1.807) is 0 Å². The molecule has 0 spiro atoms. The molecule has 0 aromatic carbocycles. The fourth-order valence-electron chi connectivity index (χ4n) is 2.89. The van der Waals surface area contributed by atoms with Crippen LogP contribution in [0.3, 0.4) is 0 Å². The number of nitrogens with one attached hydrogen (secondary N) is 1. The van der Waals surface area contributed by atoms with Crippen molar-refractivity contribution in [2.45, 2.75) is 37.6 Å². The van der Waals surface area contributed by atoms with E-state index < -0.39 is 0 Å². The first-order valence-corrected chi connectivity index (χ1v) is 4.73. The minimum Gasteiger partial charge on any atom is -0.311 e. The predicted molar refractivity (Wildman–Crippen MR) is 47.5 cm³/mol. The van der Waals surface area contributed by atoms with Crippen LogP contribution in [0, 0.1) is 5.92 Å². The fraction of sp³-hybridized carbons (Fsp3) is 0.800. The van der Waals surface area contributed by atoms with Crippen LogP contribution in [0.15, 0.2) is 12.7 Å². The molecule has 0 aromatic heterocycles. The summed E-state index contributed by atoms with van der Waals surface area (Å²) in [4.78, 5) is 0. The van der Waals surface area contributed by atoms with Crippen LogP contribution in [0.5, 0.6) is 0 Å². The molecule has 1 aliphatic carbocycles. The molecule has 0 amide bonds. The van der Waals surface area contributed by atoms with Crippen molar-refractivity contribution < 1.29 is 0 Å². The van der Waals surface area contributed by atoms with E-state index in [0.717, 1.165) is 5.92 Å². The second-order valence-electron chi connectivity index (χ2n) is 3.95. The summed E-state index contributed by atoms with van der Waals surface area (Å²) >= 11 is 0. The van der Waals surface area contributed by atoms with Crippen molar-refractivity contribution in [2.75, 3.05) is 6.54 Å². The Morgan fingerprint density at radius 1 is 1.55 bits per heavy atom. The average molecular weight is 151 g/mol. The molecule has 0 aromatic rings. The van der Waals surface area contributed by atoms with E-state index in [1.165, 1.54) is 38.6 Å². The van der Waals surface area contributed by atoms with Crippen LogP contribution < -0.4 is 5.32 Å². The van der Waals surface area contributed by atoms with Gasteiger partial charge in [0.05, 0.1) is 0 Å². The molecule has 0 bridgehead atoms. The van der Waals surface area contributed by atoms with Gasteiger partial charge in [0.2, 0.25) is 0 Å². The molecule has 2 fully saturated rings. The Kier molecular flexibility index (Phi) is 1.76. The zero-order chi connectivity index (χ0) is 7.73. The summed E-state index contributed by atoms with van der Waals surface area (Å²) in [6.45, 7) is 5.07. The molecule has 1 aliphatic heterocycles. The highest BCUT2D eigenvalue weighted by Crippen LogP contribution is 2.43. The zero-order valence-corrected chi connectivity index (χ0v) is 7.10. The summed E-state index contributed by atoms with van der Waals surface area (Å²) in [6, 6.07) is 0. The standard InChI is InChI=1S/C10H17N/c1-2-6-10-7-3-4-9(10)5-8-11-10/h2,9,11H,1,3-8H2/t9-,10-/m1/s1. The first-order chi connectivity index (χ1) is 5.37. The van der Waals surface area contributed by atoms with Crippen molar-refractivity contribution in [3.63, 3.8) is 0 Å². The lowest BCUT2D eigenvalue weighted by Gasteiger charge is -2.28. The monoisotopic (exact) mass is 151 g/mol. The summed E-state index contributed by atoms with van der Waals surface area (Å²) in [5.74, 6) is 0.959. The Bertz CT molecular complexity index is 152. The van der Waals surface area contributed by atoms with Crippen molar-refractivity contribution in [1.29, 1.82) is 0 Å². The van der Waals surface area contributed by atoms with Crippen LogP contribution in [-0.4, -0.2) is 12.1 Å². The van der Waals surface area contributed by atoms with Gasteiger partial charge in [-0.2, -0.15) is 0 Å². The van der Waals surface area contributed by atoms with Crippen molar-refractivity contribution >= 4 is 0 Å². The average Bonchev–Trinajstić information content (AvgIpc) is 2.45. The molecule has 1 nitrogen and oxygen atoms in total. The van der Waals surface area contributed by atoms with Gasteiger partial charge in [-0.15, -0.1) is 6.58 Å². The minimum atomic E-state index is 0.488. The third kappa shape index (κ3) is 1.02. The molecule has 2 atom stereocenters. The van der Waals surface area contributed by atoms with Gasteiger partial charge in [0.25, 0.3) is 0 Å². The second-order valence-corrected chi connectivity index (χ2v) is 3.95. The smallest absolute Gasteiger partial charge is 0.0244 e. The first-order valence-electron chi connectivity index (χ1n) is 4.73. The van der Waals surface area contributed by atoms with E-state index in [4.69, 9.17) is 0 Å². The van der Waals surface area contributed by atoms with Gasteiger partial charge in [0, 0.05) is 5.54 Å². The fourth-order valence-corrected chi connectivity index (χ4v) is 2.89. The van der Waals surface area contributed by atoms with Crippen molar-refractivity contribution in [2.24, 2.45) is 5.92 Å². The number of hydrogen-bond donors (Lipinski definition) is 1. The van der Waals surface area contributed by atoms with Gasteiger partial charge in [0.15, 0.2) is 0 Å². The van der Waals surface area contributed by atoms with Gasteiger partial charge in [-0.1, -0.05) is 12.5 Å². The van der Waals surface area contributed by atoms with Crippen LogP contribution in [-0.2, 0) is 0 Å². The molecular formula is C10H17N. The van der Waals surface area contributed by atoms with Crippen LogP contribution >= 0.6 is 0 Å². The Labute approximate surface area is 68.9 Å². The van der Waals surface area contributed by atoms with Crippen LogP contribution in [0.4, 0.5) is 0 Å². The maximum Gasteiger partial charge on any atom is 0.0244 e. The Hall–Kier alpha value is -0.300. The zero-order valence-electron chi connectivity index (χ0n) is 7.10. The third-order valence-electron chi connectivity index (χ3n) is 3.44. The second kappa shape index (κ2) is 2.63. The molecular weight excluding hydrogens is 134 g/mol. The van der Waals surface area contributed by atoms with E-state index in [0.29, 0.717) is 5.54 Å². The topological polar surface area (TPSA) is 12.0 Å². The maximum absolute atomic E-state index is 3.84. The highest BCUT2D eigenvalue weighted by atomic mass is 15.0. The Morgan fingerprint density at radius 2 is 2.45 bits per heavy atom. The molecule has 11 heavy (non-hydrogen) atoms. The number of rotatable bonds is 2. The third-order valence-corrected chi connectivity index (χ3v) is 3.44. The molecule has 1 heteroatoms. The molecule has 2 rings (SSSR count). The molecule has 1 saturated heterocycles. The van der Waals surface area contributed by atoms with Gasteiger partial charge >= 0.3 is 0 Å². The summed E-state index contributed by atoms with van der Waals surface area (Å²) in [5.41, 5.74) is 0.488. The van der Waals surface area contributed by atoms with Crippen LogP contribution in [0.2, 0.25) is 0 Å². The van der Waals surface area contributed by atoms with Crippen molar-refractivity contribution in [3.05, 3.63) is 12.7 Å². The normalized spacial score (nSPS) is 42.4. The van der Waals surface area contributed by atoms with Gasteiger partial charge in [-0.3, -0.25) is 0 Å². The first kappa shape index (κ1) is 7.35. The van der Waals surface area contributed by atoms with Gasteiger partial charge in [-0.25, -0.2) is 0 Å². The Balaban J connectivity index is 2.13. The quantitative estimate of drug-likeness (QED) is 0.596. The lowest BCUT2D eigenvalue weighted by Crippen LogP contribution is -2.40. The van der Waals surface area contributed by atoms with Crippen molar-refractivity contribution in [1.82, 2.24) is 5.32 Å². The predicted octanol–water partition coefficient (Wildman–Crippen LogP) is 2.09. The Morgan fingerprint density at radius 3 is 3.27 bits per heavy atom. The number of hydrogen-bond acceptors (Lipinski definition) is 1. The molecule has 0 unspecified atom stereocenters. The highest BCUT2D eigenvalue weighted by Gasteiger charge is 2.44. The van der Waals surface area contributed by atoms with E-state index in [2.05, 4.69) is 18.0 Å². The van der Waals surface area contributed by atoms with Gasteiger partial charge in [-0.05, 0) is 38.1 Å². The van der Waals surface area contributed by atoms with E-state index >= 15 is 0 Å². The van der Waals surface area contributed by atoms with Crippen molar-refractivity contribution in [3.8, 4) is 0 Å². The summed E-state index contributed by atoms with van der Waals surface area (Å²) in [6.07, 6.45) is 8.90.